The van der Waals surface area contributed by atoms with Crippen molar-refractivity contribution in [3.63, 3.8) is 0 Å². The molecule has 1 aliphatic rings. The number of ether oxygens (including phenoxy) is 1. The number of fused-ring (bicyclic) bond motifs is 2. The maximum atomic E-state index is 12.6. The van der Waals surface area contributed by atoms with Gasteiger partial charge in [-0.2, -0.15) is 0 Å². The molecule has 5 heteroatoms. The van der Waals surface area contributed by atoms with Crippen LogP contribution in [0.15, 0.2) is 48.5 Å². The van der Waals surface area contributed by atoms with E-state index in [-0.39, 0.29) is 12.0 Å². The predicted octanol–water partition coefficient (Wildman–Crippen LogP) is 6.88. The average Bonchev–Trinajstić information content (AvgIpc) is 3.44. The molecular weight excluding hydrogens is 446 g/mol. The zero-order valence-electron chi connectivity index (χ0n) is 22.0. The van der Waals surface area contributed by atoms with Crippen molar-refractivity contribution in [2.45, 2.75) is 66.3 Å². The highest BCUT2D eigenvalue weighted by Crippen LogP contribution is 2.40. The first-order valence-electron chi connectivity index (χ1n) is 13.2. The van der Waals surface area contributed by atoms with E-state index in [1.165, 1.54) is 16.7 Å². The number of benzene rings is 2. The van der Waals surface area contributed by atoms with E-state index in [2.05, 4.69) is 56.5 Å². The molecule has 2 aromatic carbocycles. The van der Waals surface area contributed by atoms with Crippen molar-refractivity contribution in [2.24, 2.45) is 5.92 Å². The minimum atomic E-state index is -0.275. The molecule has 0 fully saturated rings. The molecule has 0 N–H and O–H groups in total. The third-order valence-corrected chi connectivity index (χ3v) is 7.13. The third-order valence-electron chi connectivity index (χ3n) is 7.13. The first-order chi connectivity index (χ1) is 17.4. The Morgan fingerprint density at radius 3 is 2.67 bits per heavy atom. The van der Waals surface area contributed by atoms with Gasteiger partial charge in [-0.1, -0.05) is 57.2 Å². The molecule has 2 heterocycles. The van der Waals surface area contributed by atoms with E-state index < -0.39 is 0 Å². The minimum absolute atomic E-state index is 0.218. The summed E-state index contributed by atoms with van der Waals surface area (Å²) in [4.78, 5) is 22.7. The van der Waals surface area contributed by atoms with Gasteiger partial charge < -0.3 is 9.30 Å². The summed E-state index contributed by atoms with van der Waals surface area (Å²) in [6.45, 7) is 11.0. The highest BCUT2D eigenvalue weighted by Gasteiger charge is 2.29. The molecule has 5 nitrogen and oxygen atoms in total. The first-order valence-corrected chi connectivity index (χ1v) is 13.2. The van der Waals surface area contributed by atoms with E-state index in [1.54, 1.807) is 0 Å². The lowest BCUT2D eigenvalue weighted by Crippen LogP contribution is -2.12. The van der Waals surface area contributed by atoms with Crippen LogP contribution in [-0.4, -0.2) is 27.1 Å². The van der Waals surface area contributed by atoms with Crippen molar-refractivity contribution in [3.8, 4) is 11.1 Å². The number of nitrogens with zero attached hydrogens (tertiary/aromatic N) is 3. The Balaban J connectivity index is 1.58. The molecule has 0 saturated carbocycles. The number of pyridine rings is 1. The predicted molar refractivity (Wildman–Crippen MR) is 144 cm³/mol. The molecule has 1 aliphatic carbocycles. The molecule has 0 radical (unpaired) electrons. The largest absolute Gasteiger partial charge is 0.462 e. The zero-order valence-corrected chi connectivity index (χ0v) is 22.0. The van der Waals surface area contributed by atoms with Crippen LogP contribution in [0.25, 0.3) is 22.3 Å². The fourth-order valence-corrected chi connectivity index (χ4v) is 5.58. The van der Waals surface area contributed by atoms with Crippen LogP contribution in [0.3, 0.4) is 0 Å². The van der Waals surface area contributed by atoms with Gasteiger partial charge in [-0.25, -0.2) is 14.8 Å². The van der Waals surface area contributed by atoms with Crippen molar-refractivity contribution >= 4 is 17.1 Å². The lowest BCUT2D eigenvalue weighted by atomic mass is 9.96. The molecule has 0 aliphatic heterocycles. The van der Waals surface area contributed by atoms with Crippen LogP contribution < -0.4 is 0 Å². The topological polar surface area (TPSA) is 57.0 Å². The molecule has 186 valence electrons. The summed E-state index contributed by atoms with van der Waals surface area (Å²) in [7, 11) is 0. The SMILES string of the molecule is CCOC(=O)c1ccccc1-c1ccc2c(c1)CC[C@@H]2n1c(CC)nc2c(C)cc(CC(C)C)nc21. The third kappa shape index (κ3) is 4.32. The Labute approximate surface area is 213 Å². The highest BCUT2D eigenvalue weighted by atomic mass is 16.5. The number of aryl methyl sites for hydroxylation is 3. The van der Waals surface area contributed by atoms with Crippen molar-refractivity contribution < 1.29 is 9.53 Å². The smallest absolute Gasteiger partial charge is 0.338 e. The second-order valence-electron chi connectivity index (χ2n) is 10.2. The summed E-state index contributed by atoms with van der Waals surface area (Å²) in [6, 6.07) is 16.8. The Morgan fingerprint density at radius 1 is 1.11 bits per heavy atom. The summed E-state index contributed by atoms with van der Waals surface area (Å²) in [5.41, 5.74) is 9.61. The molecule has 0 bridgehead atoms. The molecule has 36 heavy (non-hydrogen) atoms. The number of hydrogen-bond donors (Lipinski definition) is 0. The van der Waals surface area contributed by atoms with E-state index in [9.17, 15) is 4.79 Å². The van der Waals surface area contributed by atoms with Gasteiger partial charge in [0.25, 0.3) is 0 Å². The molecule has 1 atom stereocenters. The Morgan fingerprint density at radius 2 is 1.92 bits per heavy atom. The van der Waals surface area contributed by atoms with E-state index in [0.29, 0.717) is 18.1 Å². The molecule has 0 amide bonds. The van der Waals surface area contributed by atoms with Crippen molar-refractivity contribution in [3.05, 3.63) is 82.3 Å². The van der Waals surface area contributed by atoms with Crippen LogP contribution in [0.4, 0.5) is 0 Å². The van der Waals surface area contributed by atoms with Gasteiger partial charge in [0.15, 0.2) is 5.65 Å². The fourth-order valence-electron chi connectivity index (χ4n) is 5.58. The molecular formula is C31H35N3O2. The number of aromatic nitrogens is 3. The summed E-state index contributed by atoms with van der Waals surface area (Å²) < 4.78 is 7.70. The van der Waals surface area contributed by atoms with E-state index in [4.69, 9.17) is 14.7 Å². The van der Waals surface area contributed by atoms with Gasteiger partial charge in [-0.05, 0) is 79.0 Å². The molecule has 5 rings (SSSR count). The van der Waals surface area contributed by atoms with Crippen molar-refractivity contribution in [2.75, 3.05) is 6.61 Å². The maximum Gasteiger partial charge on any atom is 0.338 e. The van der Waals surface area contributed by atoms with Gasteiger partial charge in [0.1, 0.15) is 11.3 Å². The monoisotopic (exact) mass is 481 g/mol. The lowest BCUT2D eigenvalue weighted by Gasteiger charge is -2.18. The van der Waals surface area contributed by atoms with E-state index in [1.807, 2.05) is 31.2 Å². The summed E-state index contributed by atoms with van der Waals surface area (Å²) in [5, 5.41) is 0. The van der Waals surface area contributed by atoms with Gasteiger partial charge in [0.2, 0.25) is 0 Å². The summed E-state index contributed by atoms with van der Waals surface area (Å²) >= 11 is 0. The van der Waals surface area contributed by atoms with Crippen LogP contribution in [0, 0.1) is 12.8 Å². The number of carbonyl (C=O) groups excluding carboxylic acids is 1. The van der Waals surface area contributed by atoms with Gasteiger partial charge in [-0.15, -0.1) is 0 Å². The van der Waals surface area contributed by atoms with Gasteiger partial charge in [0.05, 0.1) is 18.2 Å². The van der Waals surface area contributed by atoms with Crippen molar-refractivity contribution in [1.82, 2.24) is 14.5 Å². The van der Waals surface area contributed by atoms with Gasteiger partial charge in [0, 0.05) is 12.1 Å². The van der Waals surface area contributed by atoms with Crippen LogP contribution in [0.5, 0.6) is 0 Å². The highest BCUT2D eigenvalue weighted by molar-refractivity contribution is 5.97. The Hall–Kier alpha value is -3.47. The quantitative estimate of drug-likeness (QED) is 0.270. The molecule has 0 spiro atoms. The number of imidazole rings is 1. The summed E-state index contributed by atoms with van der Waals surface area (Å²) in [6.07, 6.45) is 3.84. The maximum absolute atomic E-state index is 12.6. The Kier molecular flexibility index (Phi) is 6.65. The van der Waals surface area contributed by atoms with E-state index >= 15 is 0 Å². The fraction of sp³-hybridized carbons (Fsp3) is 0.387. The number of hydrogen-bond acceptors (Lipinski definition) is 4. The van der Waals surface area contributed by atoms with Gasteiger partial charge in [-0.3, -0.25) is 0 Å². The normalized spacial score (nSPS) is 15.0. The van der Waals surface area contributed by atoms with Gasteiger partial charge >= 0.3 is 5.97 Å². The van der Waals surface area contributed by atoms with Crippen LogP contribution in [0.1, 0.15) is 78.7 Å². The number of carbonyl (C=O) groups is 1. The zero-order chi connectivity index (χ0) is 25.4. The second kappa shape index (κ2) is 9.88. The van der Waals surface area contributed by atoms with Crippen LogP contribution in [-0.2, 0) is 24.0 Å². The van der Waals surface area contributed by atoms with Crippen molar-refractivity contribution in [1.29, 1.82) is 0 Å². The number of rotatable bonds is 7. The lowest BCUT2D eigenvalue weighted by molar-refractivity contribution is 0.0527. The second-order valence-corrected chi connectivity index (χ2v) is 10.2. The molecule has 0 unspecified atom stereocenters. The number of esters is 1. The molecule has 0 saturated heterocycles. The van der Waals surface area contributed by atoms with E-state index in [0.717, 1.165) is 59.5 Å². The minimum Gasteiger partial charge on any atom is -0.462 e. The summed E-state index contributed by atoms with van der Waals surface area (Å²) in [5.74, 6) is 1.37. The standard InChI is InChI=1S/C31H35N3O2/c1-6-28-33-29-20(5)17-23(16-19(3)4)32-30(29)34(28)27-15-13-22-18-21(12-14-25(22)27)24-10-8-9-11-26(24)31(35)36-7-2/h8-12,14,17-19,27H,6-7,13,15-16H2,1-5H3/t27-/m0/s1. The van der Waals surface area contributed by atoms with Crippen LogP contribution in [0.2, 0.25) is 0 Å². The Bertz CT molecular complexity index is 1430. The van der Waals surface area contributed by atoms with Crippen LogP contribution >= 0.6 is 0 Å². The molecule has 2 aromatic heterocycles. The molecule has 4 aromatic rings. The average molecular weight is 482 g/mol. The first kappa shape index (κ1) is 24.2.